The number of pyridine rings is 1. The van der Waals surface area contributed by atoms with Crippen LogP contribution in [0.2, 0.25) is 0 Å². The van der Waals surface area contributed by atoms with Gasteiger partial charge in [0.2, 0.25) is 0 Å². The van der Waals surface area contributed by atoms with Crippen molar-refractivity contribution in [1.82, 2.24) is 15.2 Å². The minimum Gasteiger partial charge on any atom is -0.489 e. The number of amides is 2. The van der Waals surface area contributed by atoms with Crippen molar-refractivity contribution in [1.29, 1.82) is 5.41 Å². The van der Waals surface area contributed by atoms with Gasteiger partial charge >= 0.3 is 0 Å². The zero-order valence-corrected chi connectivity index (χ0v) is 23.7. The monoisotopic (exact) mass is 561 g/mol. The number of aryl methyl sites for hydroxylation is 1. The Morgan fingerprint density at radius 2 is 1.71 bits per heavy atom. The van der Waals surface area contributed by atoms with Gasteiger partial charge in [0.15, 0.2) is 0 Å². The summed E-state index contributed by atoms with van der Waals surface area (Å²) in [6.07, 6.45) is 5.95. The summed E-state index contributed by atoms with van der Waals surface area (Å²) < 4.78 is 6.25. The summed E-state index contributed by atoms with van der Waals surface area (Å²) in [5.41, 5.74) is 10.8. The van der Waals surface area contributed by atoms with E-state index in [1.165, 1.54) is 0 Å². The van der Waals surface area contributed by atoms with Crippen LogP contribution in [0.25, 0.3) is 0 Å². The van der Waals surface area contributed by atoms with E-state index >= 15 is 0 Å². The van der Waals surface area contributed by atoms with Gasteiger partial charge in [-0.3, -0.25) is 20.0 Å². The van der Waals surface area contributed by atoms with Crippen molar-refractivity contribution in [2.75, 3.05) is 13.1 Å². The van der Waals surface area contributed by atoms with Gasteiger partial charge in [0, 0.05) is 47.7 Å². The first-order valence-electron chi connectivity index (χ1n) is 14.1. The first-order chi connectivity index (χ1) is 20.4. The molecule has 42 heavy (non-hydrogen) atoms. The molecule has 1 aliphatic heterocycles. The third-order valence-corrected chi connectivity index (χ3v) is 7.51. The smallest absolute Gasteiger partial charge is 0.254 e. The third kappa shape index (κ3) is 6.83. The van der Waals surface area contributed by atoms with Crippen molar-refractivity contribution in [3.8, 4) is 5.75 Å². The number of rotatable bonds is 10. The molecule has 4 aromatic rings. The van der Waals surface area contributed by atoms with E-state index in [4.69, 9.17) is 15.9 Å². The molecule has 0 aliphatic carbocycles. The van der Waals surface area contributed by atoms with E-state index < -0.39 is 6.04 Å². The van der Waals surface area contributed by atoms with Gasteiger partial charge in [0.25, 0.3) is 11.8 Å². The number of carbonyl (C=O) groups is 2. The van der Waals surface area contributed by atoms with Crippen molar-refractivity contribution < 1.29 is 14.3 Å². The number of nitrogen functional groups attached to an aromatic ring is 1. The molecule has 2 heterocycles. The second-order valence-corrected chi connectivity index (χ2v) is 10.6. The summed E-state index contributed by atoms with van der Waals surface area (Å²) in [7, 11) is 0. The summed E-state index contributed by atoms with van der Waals surface area (Å²) in [6.45, 7) is 3.74. The zero-order chi connectivity index (χ0) is 29.5. The Morgan fingerprint density at radius 1 is 0.976 bits per heavy atom. The number of ether oxygens (including phenoxy) is 1. The van der Waals surface area contributed by atoms with Crippen LogP contribution in [0.4, 0.5) is 0 Å². The van der Waals surface area contributed by atoms with E-state index in [0.717, 1.165) is 42.6 Å². The highest BCUT2D eigenvalue weighted by Crippen LogP contribution is 2.30. The Bertz CT molecular complexity index is 1570. The molecule has 2 amide bonds. The van der Waals surface area contributed by atoms with Crippen LogP contribution in [0, 0.1) is 12.3 Å². The lowest BCUT2D eigenvalue weighted by molar-refractivity contribution is 0.0791. The highest BCUT2D eigenvalue weighted by Gasteiger charge is 2.24. The predicted molar refractivity (Wildman–Crippen MR) is 163 cm³/mol. The number of amidine groups is 1. The number of nitrogens with two attached hydrogens (primary N) is 1. The fourth-order valence-electron chi connectivity index (χ4n) is 5.23. The maximum absolute atomic E-state index is 13.7. The van der Waals surface area contributed by atoms with Gasteiger partial charge in [-0.15, -0.1) is 0 Å². The normalized spacial score (nSPS) is 13.4. The van der Waals surface area contributed by atoms with E-state index in [1.807, 2.05) is 54.3 Å². The summed E-state index contributed by atoms with van der Waals surface area (Å²) in [6, 6.07) is 23.7. The van der Waals surface area contributed by atoms with Crippen molar-refractivity contribution in [2.24, 2.45) is 5.73 Å². The average molecular weight is 562 g/mol. The predicted octanol–water partition coefficient (Wildman–Crippen LogP) is 5.20. The lowest BCUT2D eigenvalue weighted by atomic mass is 9.96. The topological polar surface area (TPSA) is 121 Å². The lowest BCUT2D eigenvalue weighted by Crippen LogP contribution is -2.31. The van der Waals surface area contributed by atoms with Crippen molar-refractivity contribution in [3.63, 3.8) is 0 Å². The Morgan fingerprint density at radius 3 is 2.40 bits per heavy atom. The van der Waals surface area contributed by atoms with Gasteiger partial charge in [0.05, 0.1) is 6.04 Å². The standard InChI is InChI=1S/C34H35N5O3/c1-23-18-27(11-13-28(23)34(41)39-16-5-6-17-39)33(40)38-30(19-25-10-7-15-37-21-25)29-20-26(32(35)36)12-14-31(29)42-22-24-8-3-2-4-9-24/h2-4,7-15,18,20-21,30H,5-6,16-17,19,22H2,1H3,(H3,35,36)(H,38,40). The molecule has 1 saturated heterocycles. The minimum absolute atomic E-state index is 0.00710. The van der Waals surface area contributed by atoms with Crippen LogP contribution in [-0.2, 0) is 13.0 Å². The Labute approximate surface area is 246 Å². The summed E-state index contributed by atoms with van der Waals surface area (Å²) in [5, 5.41) is 11.2. The lowest BCUT2D eigenvalue weighted by Gasteiger charge is -2.23. The van der Waals surface area contributed by atoms with Crippen LogP contribution < -0.4 is 15.8 Å². The minimum atomic E-state index is -0.516. The van der Waals surface area contributed by atoms with Crippen molar-refractivity contribution in [3.05, 3.63) is 130 Å². The fraction of sp³-hybridized carbons (Fsp3) is 0.235. The molecule has 1 atom stereocenters. The molecule has 0 bridgehead atoms. The molecule has 1 unspecified atom stereocenters. The van der Waals surface area contributed by atoms with E-state index in [-0.39, 0.29) is 17.6 Å². The molecular weight excluding hydrogens is 526 g/mol. The van der Waals surface area contributed by atoms with Crippen LogP contribution in [0.5, 0.6) is 5.75 Å². The van der Waals surface area contributed by atoms with Crippen molar-refractivity contribution in [2.45, 2.75) is 38.8 Å². The second-order valence-electron chi connectivity index (χ2n) is 10.6. The van der Waals surface area contributed by atoms with Gasteiger partial charge < -0.3 is 20.7 Å². The fourth-order valence-corrected chi connectivity index (χ4v) is 5.23. The van der Waals surface area contributed by atoms with Gasteiger partial charge in [-0.25, -0.2) is 0 Å². The molecule has 3 aromatic carbocycles. The molecule has 1 fully saturated rings. The molecule has 0 radical (unpaired) electrons. The number of nitrogens with one attached hydrogen (secondary N) is 2. The SMILES string of the molecule is Cc1cc(C(=O)NC(Cc2cccnc2)c2cc(C(=N)N)ccc2OCc2ccccc2)ccc1C(=O)N1CCCC1. The molecule has 0 saturated carbocycles. The summed E-state index contributed by atoms with van der Waals surface area (Å²) in [4.78, 5) is 32.8. The molecule has 5 rings (SSSR count). The number of hydrogen-bond acceptors (Lipinski definition) is 5. The molecule has 4 N–H and O–H groups in total. The maximum Gasteiger partial charge on any atom is 0.254 e. The van der Waals surface area contributed by atoms with E-state index in [9.17, 15) is 9.59 Å². The van der Waals surface area contributed by atoms with Gasteiger partial charge in [-0.05, 0) is 85.3 Å². The Balaban J connectivity index is 1.45. The Kier molecular flexibility index (Phi) is 8.92. The maximum atomic E-state index is 13.7. The van der Waals surface area contributed by atoms with Gasteiger partial charge in [-0.2, -0.15) is 0 Å². The second kappa shape index (κ2) is 13.1. The number of benzene rings is 3. The summed E-state index contributed by atoms with van der Waals surface area (Å²) in [5.74, 6) is 0.231. The number of nitrogens with zero attached hydrogens (tertiary/aromatic N) is 2. The van der Waals surface area contributed by atoms with Crippen LogP contribution in [0.1, 0.15) is 67.4 Å². The quantitative estimate of drug-likeness (QED) is 0.181. The highest BCUT2D eigenvalue weighted by molar-refractivity contribution is 5.99. The summed E-state index contributed by atoms with van der Waals surface area (Å²) >= 11 is 0. The molecule has 214 valence electrons. The zero-order valence-electron chi connectivity index (χ0n) is 23.7. The Hall–Kier alpha value is -4.98. The molecule has 0 spiro atoms. The largest absolute Gasteiger partial charge is 0.489 e. The molecule has 8 heteroatoms. The van der Waals surface area contributed by atoms with E-state index in [0.29, 0.717) is 41.0 Å². The molecule has 1 aromatic heterocycles. The number of hydrogen-bond donors (Lipinski definition) is 3. The third-order valence-electron chi connectivity index (χ3n) is 7.51. The number of carbonyl (C=O) groups excluding carboxylic acids is 2. The van der Waals surface area contributed by atoms with Crippen molar-refractivity contribution >= 4 is 17.6 Å². The van der Waals surface area contributed by atoms with Gasteiger partial charge in [0.1, 0.15) is 18.2 Å². The first kappa shape index (κ1) is 28.5. The van der Waals surface area contributed by atoms with Crippen LogP contribution in [0.3, 0.4) is 0 Å². The molecule has 8 nitrogen and oxygen atoms in total. The van der Waals surface area contributed by atoms with Crippen LogP contribution in [0.15, 0.2) is 91.3 Å². The van der Waals surface area contributed by atoms with Crippen LogP contribution >= 0.6 is 0 Å². The first-order valence-corrected chi connectivity index (χ1v) is 14.1. The molecule has 1 aliphatic rings. The average Bonchev–Trinajstić information content (AvgIpc) is 3.55. The highest BCUT2D eigenvalue weighted by atomic mass is 16.5. The van der Waals surface area contributed by atoms with E-state index in [1.54, 1.807) is 48.8 Å². The number of likely N-dealkylation sites (tertiary alicyclic amines) is 1. The van der Waals surface area contributed by atoms with Crippen LogP contribution in [-0.4, -0.2) is 40.6 Å². The van der Waals surface area contributed by atoms with Gasteiger partial charge in [-0.1, -0.05) is 36.4 Å². The molecular formula is C34H35N5O3. The van der Waals surface area contributed by atoms with E-state index in [2.05, 4.69) is 10.3 Å². The number of aromatic nitrogens is 1.